The third-order valence-electron chi connectivity index (χ3n) is 2.98. The maximum Gasteiger partial charge on any atom is 0.391 e. The van der Waals surface area contributed by atoms with Gasteiger partial charge in [-0.1, -0.05) is 0 Å². The Morgan fingerprint density at radius 1 is 1.32 bits per heavy atom. The molecule has 0 bridgehead atoms. The molecule has 1 rings (SSSR count). The molecule has 2 amide bonds. The minimum Gasteiger partial charge on any atom is -0.479 e. The van der Waals surface area contributed by atoms with Gasteiger partial charge in [0.15, 0.2) is 6.10 Å². The molecule has 19 heavy (non-hydrogen) atoms. The van der Waals surface area contributed by atoms with E-state index in [1.807, 2.05) is 0 Å². The van der Waals surface area contributed by atoms with Crippen LogP contribution < -0.4 is 5.32 Å². The van der Waals surface area contributed by atoms with E-state index in [1.54, 1.807) is 0 Å². The molecule has 1 aliphatic heterocycles. The van der Waals surface area contributed by atoms with Crippen molar-refractivity contribution < 1.29 is 33.0 Å². The second-order valence-corrected chi connectivity index (χ2v) is 4.34. The number of nitrogens with one attached hydrogen (secondary N) is 1. The van der Waals surface area contributed by atoms with Gasteiger partial charge in [-0.15, -0.1) is 0 Å². The highest BCUT2D eigenvalue weighted by Crippen LogP contribution is 2.33. The number of alkyl halides is 3. The fraction of sp³-hybridized carbons (Fsp3) is 0.800. The van der Waals surface area contributed by atoms with Crippen LogP contribution in [0, 0.1) is 5.92 Å². The summed E-state index contributed by atoms with van der Waals surface area (Å²) in [6.07, 6.45) is -6.31. The number of aliphatic carboxylic acids is 1. The summed E-state index contributed by atoms with van der Waals surface area (Å²) >= 11 is 0. The summed E-state index contributed by atoms with van der Waals surface area (Å²) < 4.78 is 37.2. The summed E-state index contributed by atoms with van der Waals surface area (Å²) in [7, 11) is 0. The number of amides is 2. The van der Waals surface area contributed by atoms with E-state index in [-0.39, 0.29) is 25.9 Å². The van der Waals surface area contributed by atoms with Crippen LogP contribution in [-0.4, -0.2) is 59.0 Å². The molecule has 3 N–H and O–H groups in total. The lowest BCUT2D eigenvalue weighted by molar-refractivity contribution is -0.183. The van der Waals surface area contributed by atoms with Gasteiger partial charge in [0, 0.05) is 13.1 Å². The number of aliphatic hydroxyl groups is 1. The highest BCUT2D eigenvalue weighted by molar-refractivity contribution is 5.76. The van der Waals surface area contributed by atoms with Crippen molar-refractivity contribution in [1.82, 2.24) is 10.2 Å². The third kappa shape index (κ3) is 4.58. The normalized spacial score (nSPS) is 19.1. The Bertz CT molecular complexity index is 340. The van der Waals surface area contributed by atoms with Crippen LogP contribution >= 0.6 is 0 Å². The summed E-state index contributed by atoms with van der Waals surface area (Å²) in [5, 5.41) is 19.5. The van der Waals surface area contributed by atoms with Gasteiger partial charge < -0.3 is 20.4 Å². The van der Waals surface area contributed by atoms with Crippen LogP contribution in [0.25, 0.3) is 0 Å². The van der Waals surface area contributed by atoms with E-state index in [0.717, 1.165) is 0 Å². The summed E-state index contributed by atoms with van der Waals surface area (Å²) in [6.45, 7) is -0.564. The molecule has 6 nitrogen and oxygen atoms in total. The molecule has 0 saturated carbocycles. The van der Waals surface area contributed by atoms with Gasteiger partial charge in [0.2, 0.25) is 0 Å². The van der Waals surface area contributed by atoms with Gasteiger partial charge in [0.25, 0.3) is 0 Å². The quantitative estimate of drug-likeness (QED) is 0.700. The number of piperidine rings is 1. The molecule has 9 heteroatoms. The minimum atomic E-state index is -4.25. The molecule has 1 heterocycles. The van der Waals surface area contributed by atoms with Crippen molar-refractivity contribution in [2.24, 2.45) is 5.92 Å². The summed E-state index contributed by atoms with van der Waals surface area (Å²) in [5.41, 5.74) is 0. The molecule has 0 aromatic rings. The van der Waals surface area contributed by atoms with Crippen LogP contribution in [-0.2, 0) is 4.79 Å². The fourth-order valence-corrected chi connectivity index (χ4v) is 1.79. The van der Waals surface area contributed by atoms with E-state index in [2.05, 4.69) is 5.32 Å². The Morgan fingerprint density at radius 2 is 1.84 bits per heavy atom. The van der Waals surface area contributed by atoms with Crippen molar-refractivity contribution in [2.45, 2.75) is 25.1 Å². The number of likely N-dealkylation sites (tertiary alicyclic amines) is 1. The zero-order valence-electron chi connectivity index (χ0n) is 9.98. The van der Waals surface area contributed by atoms with E-state index in [9.17, 15) is 22.8 Å². The molecule has 0 unspecified atom stereocenters. The maximum absolute atomic E-state index is 12.4. The predicted octanol–water partition coefficient (Wildman–Crippen LogP) is 0.416. The Balaban J connectivity index is 2.35. The first-order chi connectivity index (χ1) is 8.71. The van der Waals surface area contributed by atoms with E-state index in [1.165, 1.54) is 4.90 Å². The van der Waals surface area contributed by atoms with Gasteiger partial charge in [-0.05, 0) is 12.8 Å². The molecule has 0 radical (unpaired) electrons. The number of carbonyl (C=O) groups excluding carboxylic acids is 1. The third-order valence-corrected chi connectivity index (χ3v) is 2.98. The average molecular weight is 284 g/mol. The second kappa shape index (κ2) is 6.09. The number of carboxylic acids is 1. The van der Waals surface area contributed by atoms with Crippen LogP contribution in [0.1, 0.15) is 12.8 Å². The lowest BCUT2D eigenvalue weighted by Gasteiger charge is -2.32. The molecule has 1 atom stereocenters. The van der Waals surface area contributed by atoms with Gasteiger partial charge in [-0.3, -0.25) is 0 Å². The number of halogens is 3. The molecule has 1 saturated heterocycles. The molecule has 1 fully saturated rings. The van der Waals surface area contributed by atoms with Gasteiger partial charge in [0.1, 0.15) is 0 Å². The Kier molecular flexibility index (Phi) is 4.98. The van der Waals surface area contributed by atoms with Crippen LogP contribution in [0.2, 0.25) is 0 Å². The van der Waals surface area contributed by atoms with Gasteiger partial charge in [-0.25, -0.2) is 9.59 Å². The molecule has 0 aromatic carbocycles. The number of nitrogens with zero attached hydrogens (tertiary/aromatic N) is 1. The van der Waals surface area contributed by atoms with Gasteiger partial charge in [0.05, 0.1) is 12.5 Å². The molecule has 0 aromatic heterocycles. The predicted molar refractivity (Wildman–Crippen MR) is 57.4 cm³/mol. The number of urea groups is 1. The first kappa shape index (κ1) is 15.5. The number of aliphatic hydroxyl groups excluding tert-OH is 1. The molecule has 0 aliphatic carbocycles. The van der Waals surface area contributed by atoms with Crippen molar-refractivity contribution in [3.05, 3.63) is 0 Å². The minimum absolute atomic E-state index is 0.0425. The maximum atomic E-state index is 12.4. The van der Waals surface area contributed by atoms with Crippen LogP contribution in [0.3, 0.4) is 0 Å². The van der Waals surface area contributed by atoms with Crippen LogP contribution in [0.5, 0.6) is 0 Å². The van der Waals surface area contributed by atoms with E-state index in [0.29, 0.717) is 0 Å². The van der Waals surface area contributed by atoms with Crippen molar-refractivity contribution in [1.29, 1.82) is 0 Å². The number of hydrogen-bond acceptors (Lipinski definition) is 3. The molecule has 1 aliphatic rings. The van der Waals surface area contributed by atoms with Crippen molar-refractivity contribution in [2.75, 3.05) is 19.6 Å². The standard InChI is InChI=1S/C10H15F3N2O4/c11-10(12,13)6-1-3-15(4-2-6)9(19)14-5-7(16)8(17)18/h6-7,16H,1-5H2,(H,14,19)(H,17,18)/t7-/m0/s1. The lowest BCUT2D eigenvalue weighted by Crippen LogP contribution is -2.48. The van der Waals surface area contributed by atoms with Crippen molar-refractivity contribution in [3.8, 4) is 0 Å². The number of carbonyl (C=O) groups is 2. The van der Waals surface area contributed by atoms with E-state index < -0.39 is 36.7 Å². The zero-order chi connectivity index (χ0) is 14.6. The average Bonchev–Trinajstić information content (AvgIpc) is 2.34. The molecule has 110 valence electrons. The Labute approximate surface area is 107 Å². The van der Waals surface area contributed by atoms with E-state index >= 15 is 0 Å². The fourth-order valence-electron chi connectivity index (χ4n) is 1.79. The Morgan fingerprint density at radius 3 is 2.26 bits per heavy atom. The lowest BCUT2D eigenvalue weighted by atomic mass is 9.96. The first-order valence-corrected chi connectivity index (χ1v) is 5.72. The largest absolute Gasteiger partial charge is 0.479 e. The number of carboxylic acid groups (broad SMARTS) is 1. The zero-order valence-corrected chi connectivity index (χ0v) is 9.98. The summed E-state index contributed by atoms with van der Waals surface area (Å²) in [4.78, 5) is 23.0. The molecular weight excluding hydrogens is 269 g/mol. The van der Waals surface area contributed by atoms with Crippen LogP contribution in [0.15, 0.2) is 0 Å². The molecule has 0 spiro atoms. The van der Waals surface area contributed by atoms with Gasteiger partial charge >= 0.3 is 18.2 Å². The monoisotopic (exact) mass is 284 g/mol. The summed E-state index contributed by atoms with van der Waals surface area (Å²) in [5.74, 6) is -2.88. The van der Waals surface area contributed by atoms with Gasteiger partial charge in [-0.2, -0.15) is 13.2 Å². The topological polar surface area (TPSA) is 89.9 Å². The Hall–Kier alpha value is -1.51. The van der Waals surface area contributed by atoms with Crippen molar-refractivity contribution in [3.63, 3.8) is 0 Å². The first-order valence-electron chi connectivity index (χ1n) is 5.72. The molecular formula is C10H15F3N2O4. The number of hydrogen-bond donors (Lipinski definition) is 3. The van der Waals surface area contributed by atoms with Crippen LogP contribution in [0.4, 0.5) is 18.0 Å². The smallest absolute Gasteiger partial charge is 0.391 e. The second-order valence-electron chi connectivity index (χ2n) is 4.34. The number of rotatable bonds is 3. The SMILES string of the molecule is O=C(O)[C@@H](O)CNC(=O)N1CCC(C(F)(F)F)CC1. The highest BCUT2D eigenvalue weighted by Gasteiger charge is 2.41. The van der Waals surface area contributed by atoms with E-state index in [4.69, 9.17) is 10.2 Å². The highest BCUT2D eigenvalue weighted by atomic mass is 19.4. The summed E-state index contributed by atoms with van der Waals surface area (Å²) in [6, 6.07) is -0.666. The van der Waals surface area contributed by atoms with Crippen molar-refractivity contribution >= 4 is 12.0 Å².